The van der Waals surface area contributed by atoms with Crippen molar-refractivity contribution in [2.24, 2.45) is 11.8 Å². The average molecular weight is 344 g/mol. The highest BCUT2D eigenvalue weighted by molar-refractivity contribution is 5.23. The Hall–Kier alpha value is -1.85. The highest BCUT2D eigenvalue weighted by atomic mass is 19.1. The average Bonchev–Trinajstić information content (AvgIpc) is 3.03. The Morgan fingerprint density at radius 1 is 1.24 bits per heavy atom. The molecule has 1 aliphatic heterocycles. The van der Waals surface area contributed by atoms with Crippen LogP contribution in [0.15, 0.2) is 42.7 Å². The molecule has 0 amide bonds. The highest BCUT2D eigenvalue weighted by Gasteiger charge is 2.49. The van der Waals surface area contributed by atoms with Crippen LogP contribution in [0.1, 0.15) is 30.4 Å². The maximum absolute atomic E-state index is 14.0. The Morgan fingerprint density at radius 2 is 2.12 bits per heavy atom. The molecular formula is C20H22F2N2O. The highest BCUT2D eigenvalue weighted by Crippen LogP contribution is 2.48. The van der Waals surface area contributed by atoms with Crippen molar-refractivity contribution >= 4 is 0 Å². The number of halogens is 2. The van der Waals surface area contributed by atoms with Crippen molar-refractivity contribution in [3.63, 3.8) is 0 Å². The van der Waals surface area contributed by atoms with Gasteiger partial charge in [0, 0.05) is 49.1 Å². The van der Waals surface area contributed by atoms with Crippen LogP contribution in [0.5, 0.6) is 0 Å². The van der Waals surface area contributed by atoms with Gasteiger partial charge in [0.05, 0.1) is 5.60 Å². The number of aliphatic hydroxyl groups is 1. The number of benzene rings is 1. The fraction of sp³-hybridized carbons (Fsp3) is 0.450. The third-order valence-electron chi connectivity index (χ3n) is 5.83. The molecule has 4 rings (SSSR count). The fourth-order valence-corrected chi connectivity index (χ4v) is 4.62. The first-order valence-corrected chi connectivity index (χ1v) is 8.85. The molecule has 0 unspecified atom stereocenters. The minimum Gasteiger partial charge on any atom is -0.385 e. The summed E-state index contributed by atoms with van der Waals surface area (Å²) in [6.07, 6.45) is 6.21. The van der Waals surface area contributed by atoms with Crippen LogP contribution in [0.4, 0.5) is 8.78 Å². The van der Waals surface area contributed by atoms with Crippen LogP contribution in [-0.2, 0) is 12.1 Å². The first kappa shape index (κ1) is 16.6. The van der Waals surface area contributed by atoms with Crippen LogP contribution in [-0.4, -0.2) is 28.1 Å². The summed E-state index contributed by atoms with van der Waals surface area (Å²) in [5.74, 6) is -0.323. The zero-order chi connectivity index (χ0) is 17.4. The maximum atomic E-state index is 14.0. The molecule has 2 heterocycles. The number of hydrogen-bond acceptors (Lipinski definition) is 3. The molecule has 5 heteroatoms. The molecule has 3 atom stereocenters. The Kier molecular flexibility index (Phi) is 4.29. The number of nitrogens with zero attached hydrogens (tertiary/aromatic N) is 2. The number of likely N-dealkylation sites (tertiary alicyclic amines) is 1. The number of hydrogen-bond donors (Lipinski definition) is 1. The summed E-state index contributed by atoms with van der Waals surface area (Å²) < 4.78 is 27.4. The van der Waals surface area contributed by atoms with Crippen LogP contribution in [0, 0.1) is 23.5 Å². The van der Waals surface area contributed by atoms with Gasteiger partial charge < -0.3 is 5.11 Å². The molecule has 0 radical (unpaired) electrons. The smallest absolute Gasteiger partial charge is 0.127 e. The first-order chi connectivity index (χ1) is 12.1. The lowest BCUT2D eigenvalue weighted by Crippen LogP contribution is -2.42. The van der Waals surface area contributed by atoms with E-state index in [1.807, 2.05) is 12.1 Å². The molecule has 25 heavy (non-hydrogen) atoms. The predicted octanol–water partition coefficient (Wildman–Crippen LogP) is 3.48. The van der Waals surface area contributed by atoms with Gasteiger partial charge >= 0.3 is 0 Å². The van der Waals surface area contributed by atoms with Gasteiger partial charge in [-0.25, -0.2) is 8.78 Å². The van der Waals surface area contributed by atoms with E-state index in [2.05, 4.69) is 9.88 Å². The Balaban J connectivity index is 1.56. The quantitative estimate of drug-likeness (QED) is 0.926. The van der Waals surface area contributed by atoms with Gasteiger partial charge in [-0.2, -0.15) is 0 Å². The molecule has 3 nitrogen and oxygen atoms in total. The van der Waals surface area contributed by atoms with Gasteiger partial charge in [0.25, 0.3) is 0 Å². The van der Waals surface area contributed by atoms with E-state index in [-0.39, 0.29) is 11.7 Å². The molecule has 2 aliphatic rings. The van der Waals surface area contributed by atoms with E-state index < -0.39 is 11.4 Å². The summed E-state index contributed by atoms with van der Waals surface area (Å²) in [6, 6.07) is 7.38. The molecule has 1 saturated heterocycles. The van der Waals surface area contributed by atoms with E-state index >= 15 is 0 Å². The van der Waals surface area contributed by atoms with E-state index in [1.54, 1.807) is 12.4 Å². The number of pyridine rings is 1. The molecule has 132 valence electrons. The zero-order valence-electron chi connectivity index (χ0n) is 14.0. The minimum absolute atomic E-state index is 0.0991. The van der Waals surface area contributed by atoms with Gasteiger partial charge in [-0.1, -0.05) is 6.07 Å². The topological polar surface area (TPSA) is 36.4 Å². The Labute approximate surface area is 146 Å². The standard InChI is InChI=1S/C20H22F2N2O/c21-17-5-6-19(22)15(9-17)12-24-11-14-3-1-7-20(25,18(14)13-24)16-4-2-8-23-10-16/h2,4-6,8-10,14,18,25H,1,3,7,11-13H2/t14-,18+,20+/m1/s1. The molecule has 1 aromatic carbocycles. The lowest BCUT2D eigenvalue weighted by molar-refractivity contribution is -0.0651. The van der Waals surface area contributed by atoms with Crippen LogP contribution in [0.3, 0.4) is 0 Å². The minimum atomic E-state index is -0.883. The van der Waals surface area contributed by atoms with Crippen LogP contribution < -0.4 is 0 Å². The molecule has 0 bridgehead atoms. The Morgan fingerprint density at radius 3 is 2.92 bits per heavy atom. The summed E-state index contributed by atoms with van der Waals surface area (Å²) in [5, 5.41) is 11.4. The molecule has 1 saturated carbocycles. The molecule has 2 aromatic rings. The lowest BCUT2D eigenvalue weighted by Gasteiger charge is -2.41. The molecule has 1 aromatic heterocycles. The molecule has 1 N–H and O–H groups in total. The van der Waals surface area contributed by atoms with Crippen LogP contribution in [0.2, 0.25) is 0 Å². The van der Waals surface area contributed by atoms with E-state index in [0.717, 1.165) is 37.4 Å². The van der Waals surface area contributed by atoms with E-state index in [9.17, 15) is 13.9 Å². The van der Waals surface area contributed by atoms with Gasteiger partial charge in [-0.05, 0) is 49.4 Å². The van der Waals surface area contributed by atoms with Crippen LogP contribution >= 0.6 is 0 Å². The van der Waals surface area contributed by atoms with Crippen LogP contribution in [0.25, 0.3) is 0 Å². The maximum Gasteiger partial charge on any atom is 0.127 e. The van der Waals surface area contributed by atoms with Crippen molar-refractivity contribution in [2.75, 3.05) is 13.1 Å². The van der Waals surface area contributed by atoms with E-state index in [1.165, 1.54) is 12.1 Å². The van der Waals surface area contributed by atoms with Gasteiger partial charge in [0.2, 0.25) is 0 Å². The van der Waals surface area contributed by atoms with Gasteiger partial charge in [-0.15, -0.1) is 0 Å². The van der Waals surface area contributed by atoms with Gasteiger partial charge in [0.1, 0.15) is 11.6 Å². The first-order valence-electron chi connectivity index (χ1n) is 8.85. The number of rotatable bonds is 3. The largest absolute Gasteiger partial charge is 0.385 e. The summed E-state index contributed by atoms with van der Waals surface area (Å²) in [6.45, 7) is 1.87. The van der Waals surface area contributed by atoms with Crippen molar-refractivity contribution in [1.29, 1.82) is 0 Å². The number of aromatic nitrogens is 1. The van der Waals surface area contributed by atoms with E-state index in [4.69, 9.17) is 0 Å². The van der Waals surface area contributed by atoms with E-state index in [0.29, 0.717) is 24.6 Å². The third kappa shape index (κ3) is 3.07. The summed E-state index contributed by atoms with van der Waals surface area (Å²) >= 11 is 0. The van der Waals surface area contributed by atoms with Crippen molar-refractivity contribution in [2.45, 2.75) is 31.4 Å². The van der Waals surface area contributed by atoms with Gasteiger partial charge in [-0.3, -0.25) is 9.88 Å². The lowest BCUT2D eigenvalue weighted by atomic mass is 9.68. The van der Waals surface area contributed by atoms with Gasteiger partial charge in [0.15, 0.2) is 0 Å². The molecule has 0 spiro atoms. The molecule has 1 aliphatic carbocycles. The predicted molar refractivity (Wildman–Crippen MR) is 90.6 cm³/mol. The van der Waals surface area contributed by atoms with Crippen molar-refractivity contribution < 1.29 is 13.9 Å². The fourth-order valence-electron chi connectivity index (χ4n) is 4.62. The summed E-state index contributed by atoms with van der Waals surface area (Å²) in [4.78, 5) is 6.30. The second-order valence-corrected chi connectivity index (χ2v) is 7.35. The number of fused-ring (bicyclic) bond motifs is 1. The SMILES string of the molecule is O[C@]1(c2cccnc2)CCC[C@@H]2CN(Cc3cc(F)ccc3F)C[C@@H]21. The summed E-state index contributed by atoms with van der Waals surface area (Å²) in [5.41, 5.74) is 0.360. The Bertz CT molecular complexity index is 755. The molecular weight excluding hydrogens is 322 g/mol. The molecule has 2 fully saturated rings. The van der Waals surface area contributed by atoms with Crippen molar-refractivity contribution in [1.82, 2.24) is 9.88 Å². The monoisotopic (exact) mass is 344 g/mol. The summed E-state index contributed by atoms with van der Waals surface area (Å²) in [7, 11) is 0. The van der Waals surface area contributed by atoms with Crippen molar-refractivity contribution in [3.8, 4) is 0 Å². The van der Waals surface area contributed by atoms with Crippen molar-refractivity contribution in [3.05, 3.63) is 65.5 Å². The third-order valence-corrected chi connectivity index (χ3v) is 5.83. The second kappa shape index (κ2) is 6.46. The second-order valence-electron chi connectivity index (χ2n) is 7.35. The normalized spacial score (nSPS) is 29.6. The zero-order valence-corrected chi connectivity index (χ0v) is 14.0.